The normalized spacial score (nSPS) is 10.4. The van der Waals surface area contributed by atoms with E-state index in [0.29, 0.717) is 17.3 Å². The molecule has 3 aromatic rings. The standard InChI is InChI=1S/C16H14N4O2/c1-11-4-6-12(7-5-11)15-19-14(22-20-15)10-18-16(21)13-3-2-8-17-9-13/h2-9H,10H2,1H3,(H,18,21). The van der Waals surface area contributed by atoms with E-state index in [0.717, 1.165) is 11.1 Å². The topological polar surface area (TPSA) is 80.9 Å². The molecule has 0 radical (unpaired) electrons. The number of benzene rings is 1. The molecule has 22 heavy (non-hydrogen) atoms. The molecule has 0 aliphatic carbocycles. The lowest BCUT2D eigenvalue weighted by molar-refractivity contribution is 0.0946. The zero-order chi connectivity index (χ0) is 15.4. The van der Waals surface area contributed by atoms with Gasteiger partial charge >= 0.3 is 0 Å². The number of carbonyl (C=O) groups is 1. The monoisotopic (exact) mass is 294 g/mol. The van der Waals surface area contributed by atoms with Crippen LogP contribution in [-0.2, 0) is 6.54 Å². The van der Waals surface area contributed by atoms with Crippen LogP contribution in [0.25, 0.3) is 11.4 Å². The van der Waals surface area contributed by atoms with Crippen LogP contribution < -0.4 is 5.32 Å². The average Bonchev–Trinajstić information content (AvgIpc) is 3.03. The molecule has 0 aliphatic rings. The predicted octanol–water partition coefficient (Wildman–Crippen LogP) is 2.37. The molecule has 0 fully saturated rings. The summed E-state index contributed by atoms with van der Waals surface area (Å²) in [4.78, 5) is 20.1. The zero-order valence-corrected chi connectivity index (χ0v) is 12.0. The lowest BCUT2D eigenvalue weighted by atomic mass is 10.1. The highest BCUT2D eigenvalue weighted by atomic mass is 16.5. The third kappa shape index (κ3) is 3.17. The van der Waals surface area contributed by atoms with Crippen LogP contribution in [0.15, 0.2) is 53.3 Å². The van der Waals surface area contributed by atoms with Crippen LogP contribution in [0.1, 0.15) is 21.8 Å². The molecule has 1 N–H and O–H groups in total. The van der Waals surface area contributed by atoms with E-state index in [1.807, 2.05) is 31.2 Å². The summed E-state index contributed by atoms with van der Waals surface area (Å²) >= 11 is 0. The number of pyridine rings is 1. The van der Waals surface area contributed by atoms with Gasteiger partial charge in [0.2, 0.25) is 11.7 Å². The van der Waals surface area contributed by atoms with Crippen LogP contribution in [0.5, 0.6) is 0 Å². The third-order valence-corrected chi connectivity index (χ3v) is 3.10. The Labute approximate surface area is 127 Å². The number of nitrogens with zero attached hydrogens (tertiary/aromatic N) is 3. The third-order valence-electron chi connectivity index (χ3n) is 3.10. The Bertz CT molecular complexity index is 766. The summed E-state index contributed by atoms with van der Waals surface area (Å²) < 4.78 is 5.14. The molecule has 6 heteroatoms. The average molecular weight is 294 g/mol. The molecule has 0 saturated carbocycles. The van der Waals surface area contributed by atoms with Crippen molar-refractivity contribution in [3.8, 4) is 11.4 Å². The van der Waals surface area contributed by atoms with E-state index in [9.17, 15) is 4.79 Å². The molecule has 1 aromatic carbocycles. The second-order valence-electron chi connectivity index (χ2n) is 4.80. The van der Waals surface area contributed by atoms with Crippen molar-refractivity contribution in [1.29, 1.82) is 0 Å². The molecular formula is C16H14N4O2. The maximum absolute atomic E-state index is 11.9. The maximum Gasteiger partial charge on any atom is 0.253 e. The number of aromatic nitrogens is 3. The molecule has 0 bridgehead atoms. The van der Waals surface area contributed by atoms with Gasteiger partial charge in [0.25, 0.3) is 5.91 Å². The predicted molar refractivity (Wildman–Crippen MR) is 79.9 cm³/mol. The summed E-state index contributed by atoms with van der Waals surface area (Å²) in [6.07, 6.45) is 3.11. The van der Waals surface area contributed by atoms with Crippen molar-refractivity contribution in [2.75, 3.05) is 0 Å². The fourth-order valence-electron chi connectivity index (χ4n) is 1.90. The summed E-state index contributed by atoms with van der Waals surface area (Å²) in [6, 6.07) is 11.2. The summed E-state index contributed by atoms with van der Waals surface area (Å²) in [5, 5.41) is 6.63. The van der Waals surface area contributed by atoms with Crippen LogP contribution >= 0.6 is 0 Å². The fraction of sp³-hybridized carbons (Fsp3) is 0.125. The van der Waals surface area contributed by atoms with Crippen molar-refractivity contribution in [2.24, 2.45) is 0 Å². The molecule has 2 aromatic heterocycles. The van der Waals surface area contributed by atoms with E-state index in [-0.39, 0.29) is 12.5 Å². The number of hydrogen-bond acceptors (Lipinski definition) is 5. The molecule has 2 heterocycles. The van der Waals surface area contributed by atoms with Gasteiger partial charge in [-0.2, -0.15) is 4.98 Å². The first-order valence-corrected chi connectivity index (χ1v) is 6.80. The Morgan fingerprint density at radius 1 is 1.23 bits per heavy atom. The van der Waals surface area contributed by atoms with Crippen molar-refractivity contribution in [2.45, 2.75) is 13.5 Å². The molecule has 0 spiro atoms. The minimum absolute atomic E-state index is 0.173. The van der Waals surface area contributed by atoms with Gasteiger partial charge in [0.1, 0.15) is 0 Å². The second-order valence-corrected chi connectivity index (χ2v) is 4.80. The Morgan fingerprint density at radius 3 is 2.77 bits per heavy atom. The van der Waals surface area contributed by atoms with Crippen LogP contribution in [-0.4, -0.2) is 21.0 Å². The Kier molecular flexibility index (Phi) is 3.91. The molecular weight excluding hydrogens is 280 g/mol. The molecule has 0 aliphatic heterocycles. The number of rotatable bonds is 4. The van der Waals surface area contributed by atoms with Gasteiger partial charge < -0.3 is 9.84 Å². The van der Waals surface area contributed by atoms with Crippen LogP contribution in [0, 0.1) is 6.92 Å². The smallest absolute Gasteiger partial charge is 0.253 e. The van der Waals surface area contributed by atoms with Gasteiger partial charge in [-0.25, -0.2) is 0 Å². The van der Waals surface area contributed by atoms with E-state index < -0.39 is 0 Å². The van der Waals surface area contributed by atoms with Crippen molar-refractivity contribution >= 4 is 5.91 Å². The Morgan fingerprint density at radius 2 is 2.05 bits per heavy atom. The largest absolute Gasteiger partial charge is 0.343 e. The number of nitrogens with one attached hydrogen (secondary N) is 1. The highest BCUT2D eigenvalue weighted by molar-refractivity contribution is 5.93. The molecule has 0 atom stereocenters. The fourth-order valence-corrected chi connectivity index (χ4v) is 1.90. The van der Waals surface area contributed by atoms with Gasteiger partial charge in [0, 0.05) is 18.0 Å². The van der Waals surface area contributed by atoms with E-state index in [1.54, 1.807) is 18.3 Å². The van der Waals surface area contributed by atoms with Crippen molar-refractivity contribution < 1.29 is 9.32 Å². The molecule has 3 rings (SSSR count). The Balaban J connectivity index is 1.65. The summed E-state index contributed by atoms with van der Waals surface area (Å²) in [6.45, 7) is 2.19. The summed E-state index contributed by atoms with van der Waals surface area (Å²) in [5.74, 6) is 0.627. The zero-order valence-electron chi connectivity index (χ0n) is 12.0. The summed E-state index contributed by atoms with van der Waals surface area (Å²) in [5.41, 5.74) is 2.52. The van der Waals surface area contributed by atoms with Crippen LogP contribution in [0.4, 0.5) is 0 Å². The van der Waals surface area contributed by atoms with Crippen LogP contribution in [0.3, 0.4) is 0 Å². The molecule has 110 valence electrons. The number of aryl methyl sites for hydroxylation is 1. The lowest BCUT2D eigenvalue weighted by Crippen LogP contribution is -2.22. The first-order valence-electron chi connectivity index (χ1n) is 6.80. The van der Waals surface area contributed by atoms with Gasteiger partial charge in [-0.3, -0.25) is 9.78 Å². The second kappa shape index (κ2) is 6.17. The van der Waals surface area contributed by atoms with Crippen molar-refractivity contribution in [3.05, 3.63) is 65.8 Å². The summed E-state index contributed by atoms with van der Waals surface area (Å²) in [7, 11) is 0. The molecule has 1 amide bonds. The van der Waals surface area contributed by atoms with Crippen molar-refractivity contribution in [3.63, 3.8) is 0 Å². The van der Waals surface area contributed by atoms with E-state index in [2.05, 4.69) is 20.4 Å². The SMILES string of the molecule is Cc1ccc(-c2noc(CNC(=O)c3cccnc3)n2)cc1. The minimum atomic E-state index is -0.233. The first kappa shape index (κ1) is 13.9. The molecule has 0 unspecified atom stereocenters. The van der Waals surface area contributed by atoms with E-state index in [1.165, 1.54) is 6.20 Å². The number of hydrogen-bond donors (Lipinski definition) is 1. The van der Waals surface area contributed by atoms with Gasteiger partial charge in [-0.15, -0.1) is 0 Å². The number of amides is 1. The first-order chi connectivity index (χ1) is 10.7. The molecule has 6 nitrogen and oxygen atoms in total. The lowest BCUT2D eigenvalue weighted by Gasteiger charge is -2.00. The van der Waals surface area contributed by atoms with Gasteiger partial charge in [-0.05, 0) is 19.1 Å². The van der Waals surface area contributed by atoms with Gasteiger partial charge in [0.15, 0.2) is 0 Å². The number of carbonyl (C=O) groups excluding carboxylic acids is 1. The van der Waals surface area contributed by atoms with Gasteiger partial charge in [-0.1, -0.05) is 35.0 Å². The maximum atomic E-state index is 11.9. The van der Waals surface area contributed by atoms with Crippen LogP contribution in [0.2, 0.25) is 0 Å². The highest BCUT2D eigenvalue weighted by Gasteiger charge is 2.10. The molecule has 0 saturated heterocycles. The van der Waals surface area contributed by atoms with Crippen molar-refractivity contribution in [1.82, 2.24) is 20.4 Å². The van der Waals surface area contributed by atoms with Gasteiger partial charge in [0.05, 0.1) is 12.1 Å². The van der Waals surface area contributed by atoms with E-state index >= 15 is 0 Å². The Hall–Kier alpha value is -3.02. The quantitative estimate of drug-likeness (QED) is 0.799. The highest BCUT2D eigenvalue weighted by Crippen LogP contribution is 2.16. The minimum Gasteiger partial charge on any atom is -0.343 e. The van der Waals surface area contributed by atoms with E-state index in [4.69, 9.17) is 4.52 Å².